The van der Waals surface area contributed by atoms with E-state index in [4.69, 9.17) is 5.11 Å². The molecule has 0 aromatic heterocycles. The van der Waals surface area contributed by atoms with Gasteiger partial charge in [-0.1, -0.05) is 6.07 Å². The highest BCUT2D eigenvalue weighted by Crippen LogP contribution is 2.19. The molecule has 7 nitrogen and oxygen atoms in total. The van der Waals surface area contributed by atoms with E-state index in [0.29, 0.717) is 4.90 Å². The number of halogens is 2. The van der Waals surface area contributed by atoms with E-state index >= 15 is 0 Å². The van der Waals surface area contributed by atoms with Crippen LogP contribution in [0.4, 0.5) is 19.3 Å². The van der Waals surface area contributed by atoms with Gasteiger partial charge in [0.1, 0.15) is 29.9 Å². The maximum atomic E-state index is 13.4. The molecule has 1 aliphatic heterocycles. The van der Waals surface area contributed by atoms with Crippen LogP contribution in [0.1, 0.15) is 0 Å². The number of anilines is 1. The number of nitrogens with one attached hydrogen (secondary N) is 2. The number of nitrogens with zero attached hydrogens (tertiary/aromatic N) is 1. The van der Waals surface area contributed by atoms with Gasteiger partial charge < -0.3 is 15.7 Å². The minimum Gasteiger partial charge on any atom is -0.480 e. The number of carboxylic acids is 1. The van der Waals surface area contributed by atoms with E-state index in [2.05, 4.69) is 5.32 Å². The molecule has 1 saturated heterocycles. The molecular weight excluding hydrogens is 288 g/mol. The Labute approximate surface area is 117 Å². The molecule has 112 valence electrons. The summed E-state index contributed by atoms with van der Waals surface area (Å²) in [5, 5.41) is 13.2. The van der Waals surface area contributed by atoms with Crippen molar-refractivity contribution in [2.45, 2.75) is 6.04 Å². The van der Waals surface area contributed by atoms with Crippen molar-refractivity contribution in [2.24, 2.45) is 0 Å². The molecule has 1 heterocycles. The Morgan fingerprint density at radius 3 is 2.52 bits per heavy atom. The maximum Gasteiger partial charge on any atom is 0.328 e. The molecule has 0 spiro atoms. The van der Waals surface area contributed by atoms with Gasteiger partial charge >= 0.3 is 12.0 Å². The molecule has 1 aromatic carbocycles. The number of aliphatic carboxylic acids is 1. The van der Waals surface area contributed by atoms with Crippen LogP contribution in [0.2, 0.25) is 0 Å². The van der Waals surface area contributed by atoms with Gasteiger partial charge in [-0.25, -0.2) is 18.4 Å². The summed E-state index contributed by atoms with van der Waals surface area (Å²) in [6.45, 7) is -0.791. The molecule has 9 heteroatoms. The predicted molar refractivity (Wildman–Crippen MR) is 66.5 cm³/mol. The number of benzene rings is 1. The molecule has 1 atom stereocenters. The van der Waals surface area contributed by atoms with E-state index in [0.717, 1.165) is 18.2 Å². The Balaban J connectivity index is 2.21. The first-order chi connectivity index (χ1) is 9.90. The number of piperazine rings is 1. The van der Waals surface area contributed by atoms with Gasteiger partial charge in [-0.2, -0.15) is 0 Å². The lowest BCUT2D eigenvalue weighted by Gasteiger charge is -2.32. The smallest absolute Gasteiger partial charge is 0.328 e. The normalized spacial score (nSPS) is 18.1. The van der Waals surface area contributed by atoms with Crippen molar-refractivity contribution in [3.8, 4) is 0 Å². The van der Waals surface area contributed by atoms with E-state index in [1.54, 1.807) is 0 Å². The topological polar surface area (TPSA) is 98.7 Å². The zero-order chi connectivity index (χ0) is 15.6. The molecule has 1 fully saturated rings. The Morgan fingerprint density at radius 2 is 1.95 bits per heavy atom. The Bertz CT molecular complexity index is 588. The highest BCUT2D eigenvalue weighted by Gasteiger charge is 2.35. The first-order valence-electron chi connectivity index (χ1n) is 5.91. The summed E-state index contributed by atoms with van der Waals surface area (Å²) in [4.78, 5) is 35.0. The zero-order valence-electron chi connectivity index (χ0n) is 10.6. The second-order valence-corrected chi connectivity index (χ2v) is 4.31. The molecule has 0 saturated carbocycles. The molecule has 1 unspecified atom stereocenters. The summed E-state index contributed by atoms with van der Waals surface area (Å²) < 4.78 is 26.9. The van der Waals surface area contributed by atoms with Crippen LogP contribution in [0.5, 0.6) is 0 Å². The Morgan fingerprint density at radius 1 is 1.33 bits per heavy atom. The minimum absolute atomic E-state index is 0.276. The van der Waals surface area contributed by atoms with Gasteiger partial charge in [0.15, 0.2) is 0 Å². The van der Waals surface area contributed by atoms with Crippen LogP contribution in [0.3, 0.4) is 0 Å². The highest BCUT2D eigenvalue weighted by atomic mass is 19.1. The number of carboxylic acid groups (broad SMARTS) is 1. The second kappa shape index (κ2) is 5.73. The van der Waals surface area contributed by atoms with Crippen molar-refractivity contribution in [3.05, 3.63) is 29.8 Å². The molecule has 21 heavy (non-hydrogen) atoms. The third-order valence-corrected chi connectivity index (χ3v) is 2.92. The first kappa shape index (κ1) is 14.7. The molecule has 3 amide bonds. The standard InChI is InChI=1S/C12H11F2N3O4/c13-6-2-1-3-7(14)10(6)16-12(21)17-5-9(18)15-4-8(17)11(19)20/h1-3,8H,4-5H2,(H,15,18)(H,16,21)(H,19,20). The van der Waals surface area contributed by atoms with Crippen molar-refractivity contribution in [3.63, 3.8) is 0 Å². The lowest BCUT2D eigenvalue weighted by Crippen LogP contribution is -2.60. The van der Waals surface area contributed by atoms with E-state index in [1.807, 2.05) is 5.32 Å². The highest BCUT2D eigenvalue weighted by molar-refractivity contribution is 5.96. The molecule has 3 N–H and O–H groups in total. The third kappa shape index (κ3) is 3.07. The molecule has 0 radical (unpaired) electrons. The van der Waals surface area contributed by atoms with E-state index in [9.17, 15) is 23.2 Å². The summed E-state index contributed by atoms with van der Waals surface area (Å²) in [7, 11) is 0. The molecule has 0 bridgehead atoms. The van der Waals surface area contributed by atoms with Crippen LogP contribution in [-0.2, 0) is 9.59 Å². The fourth-order valence-electron chi connectivity index (χ4n) is 1.87. The number of rotatable bonds is 2. The van der Waals surface area contributed by atoms with Crippen molar-refractivity contribution in [1.82, 2.24) is 10.2 Å². The van der Waals surface area contributed by atoms with E-state index in [1.165, 1.54) is 0 Å². The van der Waals surface area contributed by atoms with Gasteiger partial charge in [0.2, 0.25) is 5.91 Å². The van der Waals surface area contributed by atoms with Gasteiger partial charge in [0.25, 0.3) is 0 Å². The van der Waals surface area contributed by atoms with Gasteiger partial charge in [-0.3, -0.25) is 9.69 Å². The number of carbonyl (C=O) groups is 3. The minimum atomic E-state index is -1.33. The van der Waals surface area contributed by atoms with Crippen molar-refractivity contribution in [1.29, 1.82) is 0 Å². The van der Waals surface area contributed by atoms with Crippen molar-refractivity contribution < 1.29 is 28.3 Å². The lowest BCUT2D eigenvalue weighted by molar-refractivity contribution is -0.144. The maximum absolute atomic E-state index is 13.4. The third-order valence-electron chi connectivity index (χ3n) is 2.92. The molecule has 1 aliphatic rings. The average Bonchev–Trinajstić information content (AvgIpc) is 2.42. The van der Waals surface area contributed by atoms with Crippen molar-refractivity contribution >= 4 is 23.6 Å². The van der Waals surface area contributed by atoms with Crippen LogP contribution in [0, 0.1) is 11.6 Å². The average molecular weight is 299 g/mol. The quantitative estimate of drug-likeness (QED) is 0.735. The number of hydrogen-bond donors (Lipinski definition) is 3. The zero-order valence-corrected chi connectivity index (χ0v) is 10.6. The number of para-hydroxylation sites is 1. The largest absolute Gasteiger partial charge is 0.480 e. The molecule has 1 aromatic rings. The molecular formula is C12H11F2N3O4. The summed E-state index contributed by atoms with van der Waals surface area (Å²) >= 11 is 0. The van der Waals surface area contributed by atoms with Gasteiger partial charge in [0.05, 0.1) is 0 Å². The van der Waals surface area contributed by atoms with E-state index in [-0.39, 0.29) is 6.54 Å². The predicted octanol–water partition coefficient (Wildman–Crippen LogP) is 0.382. The molecule has 0 aliphatic carbocycles. The van der Waals surface area contributed by atoms with Gasteiger partial charge in [-0.15, -0.1) is 0 Å². The fraction of sp³-hybridized carbons (Fsp3) is 0.250. The summed E-state index contributed by atoms with van der Waals surface area (Å²) in [5.74, 6) is -3.90. The monoisotopic (exact) mass is 299 g/mol. The molecule has 2 rings (SSSR count). The van der Waals surface area contributed by atoms with Crippen molar-refractivity contribution in [2.75, 3.05) is 18.4 Å². The Hall–Kier alpha value is -2.71. The summed E-state index contributed by atoms with van der Waals surface area (Å²) in [5.41, 5.74) is -0.697. The van der Waals surface area contributed by atoms with Crippen LogP contribution < -0.4 is 10.6 Å². The number of hydrogen-bond acceptors (Lipinski definition) is 3. The number of amides is 3. The summed E-state index contributed by atoms with van der Waals surface area (Å²) in [6, 6.07) is 0.625. The van der Waals surface area contributed by atoms with E-state index < -0.39 is 47.8 Å². The lowest BCUT2D eigenvalue weighted by atomic mass is 10.2. The number of carbonyl (C=O) groups excluding carboxylic acids is 2. The van der Waals surface area contributed by atoms with Gasteiger partial charge in [0, 0.05) is 6.54 Å². The Kier molecular flexibility index (Phi) is 4.01. The van der Waals surface area contributed by atoms with Crippen LogP contribution >= 0.6 is 0 Å². The van der Waals surface area contributed by atoms with Crippen LogP contribution in [0.15, 0.2) is 18.2 Å². The SMILES string of the molecule is O=C1CN(C(=O)Nc2c(F)cccc2F)C(C(=O)O)CN1. The fourth-order valence-corrected chi connectivity index (χ4v) is 1.87. The first-order valence-corrected chi connectivity index (χ1v) is 5.91. The van der Waals surface area contributed by atoms with Gasteiger partial charge in [-0.05, 0) is 12.1 Å². The van der Waals surface area contributed by atoms with Crippen LogP contribution in [0.25, 0.3) is 0 Å². The second-order valence-electron chi connectivity index (χ2n) is 4.31. The van der Waals surface area contributed by atoms with Crippen LogP contribution in [-0.4, -0.2) is 47.0 Å². The number of urea groups is 1. The summed E-state index contributed by atoms with van der Waals surface area (Å²) in [6.07, 6.45) is 0.